The van der Waals surface area contributed by atoms with Crippen molar-refractivity contribution >= 4 is 23.5 Å². The molecule has 9 heteroatoms. The van der Waals surface area contributed by atoms with Crippen molar-refractivity contribution in [1.82, 2.24) is 4.90 Å². The third-order valence-corrected chi connectivity index (χ3v) is 5.21. The molecule has 0 aromatic heterocycles. The molecule has 1 aliphatic carbocycles. The molecule has 0 spiro atoms. The summed E-state index contributed by atoms with van der Waals surface area (Å²) in [4.78, 5) is 38.3. The normalized spacial score (nSPS) is 21.1. The lowest BCUT2D eigenvalue weighted by atomic mass is 10.1. The summed E-state index contributed by atoms with van der Waals surface area (Å²) < 4.78 is 44.9. The molecule has 1 N–H and O–H groups in total. The molecule has 152 valence electrons. The second-order valence-corrected chi connectivity index (χ2v) is 7.18. The van der Waals surface area contributed by atoms with Gasteiger partial charge in [-0.05, 0) is 31.9 Å². The van der Waals surface area contributed by atoms with E-state index < -0.39 is 47.0 Å². The summed E-state index contributed by atoms with van der Waals surface area (Å²) in [6.45, 7) is 1.53. The maximum absolute atomic E-state index is 13.6. The number of halogens is 3. The first-order valence-electron chi connectivity index (χ1n) is 9.22. The predicted molar refractivity (Wildman–Crippen MR) is 92.6 cm³/mol. The first kappa shape index (κ1) is 20.2. The van der Waals surface area contributed by atoms with Crippen LogP contribution in [0.15, 0.2) is 12.1 Å². The molecule has 0 bridgehead atoms. The minimum atomic E-state index is -1.71. The van der Waals surface area contributed by atoms with Crippen LogP contribution in [0, 0.1) is 23.4 Å². The molecule has 0 radical (unpaired) electrons. The van der Waals surface area contributed by atoms with Crippen LogP contribution in [0.5, 0.6) is 0 Å². The van der Waals surface area contributed by atoms with E-state index in [0.29, 0.717) is 6.07 Å². The molecule has 1 aliphatic heterocycles. The highest BCUT2D eigenvalue weighted by molar-refractivity contribution is 5.96. The van der Waals surface area contributed by atoms with Gasteiger partial charge in [0.05, 0.1) is 11.6 Å². The summed E-state index contributed by atoms with van der Waals surface area (Å²) in [7, 11) is 0. The number of nitrogens with zero attached hydrogens (tertiary/aromatic N) is 1. The largest absolute Gasteiger partial charge is 0.452 e. The minimum Gasteiger partial charge on any atom is -0.452 e. The van der Waals surface area contributed by atoms with E-state index in [2.05, 4.69) is 5.32 Å². The lowest BCUT2D eigenvalue weighted by Crippen LogP contribution is -2.36. The van der Waals surface area contributed by atoms with E-state index in [1.165, 1.54) is 6.92 Å². The van der Waals surface area contributed by atoms with Gasteiger partial charge in [-0.25, -0.2) is 13.2 Å². The van der Waals surface area contributed by atoms with Gasteiger partial charge >= 0.3 is 5.97 Å². The highest BCUT2D eigenvalue weighted by Crippen LogP contribution is 2.30. The van der Waals surface area contributed by atoms with Crippen LogP contribution in [0.2, 0.25) is 0 Å². The molecule has 0 unspecified atom stereocenters. The number of nitrogens with one attached hydrogen (secondary N) is 1. The van der Waals surface area contributed by atoms with E-state index >= 15 is 0 Å². The van der Waals surface area contributed by atoms with Gasteiger partial charge in [0.1, 0.15) is 0 Å². The number of amides is 2. The van der Waals surface area contributed by atoms with Crippen LogP contribution in [0.1, 0.15) is 39.0 Å². The van der Waals surface area contributed by atoms with Gasteiger partial charge in [0.25, 0.3) is 5.91 Å². The lowest BCUT2D eigenvalue weighted by molar-refractivity contribution is -0.157. The van der Waals surface area contributed by atoms with Crippen LogP contribution in [0.3, 0.4) is 0 Å². The van der Waals surface area contributed by atoms with Gasteiger partial charge in [0.2, 0.25) is 5.91 Å². The number of hydrogen-bond acceptors (Lipinski definition) is 4. The molecular weight excluding hydrogens is 377 g/mol. The standard InChI is InChI=1S/C19H21F3N2O4/c1-10(18(26)23-14-7-6-13(20)16(21)17(14)22)28-19(27)11-8-15(25)24(9-11)12-4-2-3-5-12/h6-7,10-12H,2-5,8-9H2,1H3,(H,23,26)/t10-,11-/m1/s1. The highest BCUT2D eigenvalue weighted by atomic mass is 19.2. The molecule has 1 aromatic rings. The number of rotatable bonds is 5. The van der Waals surface area contributed by atoms with Gasteiger partial charge in [-0.1, -0.05) is 12.8 Å². The van der Waals surface area contributed by atoms with E-state index in [1.807, 2.05) is 0 Å². The van der Waals surface area contributed by atoms with Crippen molar-refractivity contribution in [2.75, 3.05) is 11.9 Å². The quantitative estimate of drug-likeness (QED) is 0.611. The molecule has 1 saturated heterocycles. The Balaban J connectivity index is 1.56. The van der Waals surface area contributed by atoms with Gasteiger partial charge in [-0.3, -0.25) is 14.4 Å². The fraction of sp³-hybridized carbons (Fsp3) is 0.526. The van der Waals surface area contributed by atoms with Crippen LogP contribution in [0.25, 0.3) is 0 Å². The van der Waals surface area contributed by atoms with E-state index in [-0.39, 0.29) is 24.9 Å². The Bertz CT molecular complexity index is 796. The molecular formula is C19H21F3N2O4. The summed E-state index contributed by atoms with van der Waals surface area (Å²) >= 11 is 0. The summed E-state index contributed by atoms with van der Waals surface area (Å²) in [5.41, 5.74) is -0.560. The first-order valence-corrected chi connectivity index (χ1v) is 9.22. The van der Waals surface area contributed by atoms with Gasteiger partial charge in [0.15, 0.2) is 23.6 Å². The highest BCUT2D eigenvalue weighted by Gasteiger charge is 2.40. The van der Waals surface area contributed by atoms with Crippen LogP contribution in [-0.2, 0) is 19.1 Å². The molecule has 2 amide bonds. The Morgan fingerprint density at radius 2 is 1.86 bits per heavy atom. The molecule has 28 heavy (non-hydrogen) atoms. The number of benzene rings is 1. The Morgan fingerprint density at radius 1 is 1.18 bits per heavy atom. The zero-order valence-corrected chi connectivity index (χ0v) is 15.3. The van der Waals surface area contributed by atoms with Crippen LogP contribution in [0.4, 0.5) is 18.9 Å². The van der Waals surface area contributed by atoms with E-state index in [0.717, 1.165) is 31.7 Å². The minimum absolute atomic E-state index is 0.0292. The number of anilines is 1. The lowest BCUT2D eigenvalue weighted by Gasteiger charge is -2.24. The topological polar surface area (TPSA) is 75.7 Å². The molecule has 2 fully saturated rings. The van der Waals surface area contributed by atoms with Gasteiger partial charge < -0.3 is 15.0 Å². The second-order valence-electron chi connectivity index (χ2n) is 7.18. The van der Waals surface area contributed by atoms with Crippen LogP contribution < -0.4 is 5.32 Å². The van der Waals surface area contributed by atoms with Crippen molar-refractivity contribution in [3.8, 4) is 0 Å². The van der Waals surface area contributed by atoms with Gasteiger partial charge in [-0.15, -0.1) is 0 Å². The van der Waals surface area contributed by atoms with Crippen molar-refractivity contribution in [2.24, 2.45) is 5.92 Å². The molecule has 1 heterocycles. The van der Waals surface area contributed by atoms with Gasteiger partial charge in [-0.2, -0.15) is 0 Å². The number of likely N-dealkylation sites (tertiary alicyclic amines) is 1. The fourth-order valence-electron chi connectivity index (χ4n) is 3.64. The maximum atomic E-state index is 13.6. The summed E-state index contributed by atoms with van der Waals surface area (Å²) in [6, 6.07) is 1.70. The molecule has 1 aromatic carbocycles. The maximum Gasteiger partial charge on any atom is 0.312 e. The Labute approximate surface area is 160 Å². The Hall–Kier alpha value is -2.58. The molecule has 2 atom stereocenters. The third-order valence-electron chi connectivity index (χ3n) is 5.21. The summed E-state index contributed by atoms with van der Waals surface area (Å²) in [5, 5.41) is 2.06. The van der Waals surface area contributed by atoms with Crippen LogP contribution in [-0.4, -0.2) is 41.4 Å². The van der Waals surface area contributed by atoms with Crippen molar-refractivity contribution in [1.29, 1.82) is 0 Å². The molecule has 3 rings (SSSR count). The van der Waals surface area contributed by atoms with E-state index in [1.54, 1.807) is 4.90 Å². The second kappa shape index (κ2) is 8.20. The third kappa shape index (κ3) is 4.13. The SMILES string of the molecule is C[C@@H](OC(=O)[C@@H]1CC(=O)N(C2CCCC2)C1)C(=O)Nc1ccc(F)c(F)c1F. The number of hydrogen-bond donors (Lipinski definition) is 1. The zero-order valence-electron chi connectivity index (χ0n) is 15.3. The number of ether oxygens (including phenoxy) is 1. The van der Waals surface area contributed by atoms with Crippen molar-refractivity contribution in [3.63, 3.8) is 0 Å². The predicted octanol–water partition coefficient (Wildman–Crippen LogP) is 2.77. The average Bonchev–Trinajstić information content (AvgIpc) is 3.31. The van der Waals surface area contributed by atoms with Crippen molar-refractivity contribution in [2.45, 2.75) is 51.2 Å². The Kier molecular flexibility index (Phi) is 5.90. The number of esters is 1. The first-order chi connectivity index (χ1) is 13.3. The average molecular weight is 398 g/mol. The van der Waals surface area contributed by atoms with Crippen molar-refractivity contribution < 1.29 is 32.3 Å². The summed E-state index contributed by atoms with van der Waals surface area (Å²) in [5.74, 6) is -6.98. The van der Waals surface area contributed by atoms with E-state index in [4.69, 9.17) is 4.74 Å². The van der Waals surface area contributed by atoms with Crippen LogP contribution >= 0.6 is 0 Å². The fourth-order valence-corrected chi connectivity index (χ4v) is 3.64. The number of carbonyl (C=O) groups excluding carboxylic acids is 3. The van der Waals surface area contributed by atoms with E-state index in [9.17, 15) is 27.6 Å². The molecule has 6 nitrogen and oxygen atoms in total. The molecule has 2 aliphatic rings. The smallest absolute Gasteiger partial charge is 0.312 e. The number of carbonyl (C=O) groups is 3. The van der Waals surface area contributed by atoms with Crippen molar-refractivity contribution in [3.05, 3.63) is 29.6 Å². The zero-order chi connectivity index (χ0) is 20.4. The molecule has 1 saturated carbocycles. The Morgan fingerprint density at radius 3 is 2.54 bits per heavy atom. The monoisotopic (exact) mass is 398 g/mol. The summed E-state index contributed by atoms with van der Waals surface area (Å²) in [6.07, 6.45) is 2.69. The van der Waals surface area contributed by atoms with Gasteiger partial charge in [0, 0.05) is 19.0 Å².